The fourth-order valence-electron chi connectivity index (χ4n) is 7.41. The molecule has 0 saturated carbocycles. The molecule has 0 aromatic heterocycles. The third-order valence-electron chi connectivity index (χ3n) is 10.4. The first-order valence-electron chi connectivity index (χ1n) is 18.6. The highest BCUT2D eigenvalue weighted by atomic mass is 35.5. The van der Waals surface area contributed by atoms with Gasteiger partial charge in [0.05, 0.1) is 27.2 Å². The van der Waals surface area contributed by atoms with E-state index in [0.717, 1.165) is 9.87 Å². The Morgan fingerprint density at radius 3 is 2.41 bits per heavy atom. The number of benzene rings is 4. The Morgan fingerprint density at radius 2 is 1.71 bits per heavy atom. The number of amides is 4. The van der Waals surface area contributed by atoms with Gasteiger partial charge in [0, 0.05) is 55.0 Å². The summed E-state index contributed by atoms with van der Waals surface area (Å²) in [5, 5.41) is 13.6. The molecule has 0 aliphatic carbocycles. The maximum Gasteiger partial charge on any atom is 0.407 e. The number of carbonyl (C=O) groups excluding carboxylic acids is 3. The summed E-state index contributed by atoms with van der Waals surface area (Å²) in [6, 6.07) is 21.9. The van der Waals surface area contributed by atoms with Crippen LogP contribution in [0.25, 0.3) is 0 Å². The number of nitrogens with two attached hydrogens (primary N) is 1. The summed E-state index contributed by atoms with van der Waals surface area (Å²) in [6.07, 6.45) is 1.42. The van der Waals surface area contributed by atoms with Crippen molar-refractivity contribution in [3.8, 4) is 0 Å². The number of alkyl carbamates (subject to hydrolysis) is 1. The Kier molecular flexibility index (Phi) is 12.8. The summed E-state index contributed by atoms with van der Waals surface area (Å²) < 4.78 is 35.4. The molecule has 0 spiro atoms. The first kappa shape index (κ1) is 40.8. The number of ether oxygens (including phenoxy) is 1. The lowest BCUT2D eigenvalue weighted by Crippen LogP contribution is -2.42. The van der Waals surface area contributed by atoms with E-state index < -0.39 is 33.9 Å². The fraction of sp³-hybridized carbons (Fsp3) is 0.341. The Hall–Kier alpha value is -4.82. The number of anilines is 3. The van der Waals surface area contributed by atoms with Crippen LogP contribution in [-0.2, 0) is 32.6 Å². The number of nitrogen functional groups attached to an aromatic ring is 1. The fourth-order valence-corrected chi connectivity index (χ4v) is 9.46. The Labute approximate surface area is 337 Å². The van der Waals surface area contributed by atoms with E-state index in [1.165, 1.54) is 18.2 Å². The van der Waals surface area contributed by atoms with Crippen LogP contribution >= 0.6 is 23.2 Å². The molecule has 0 saturated heterocycles. The molecule has 1 unspecified atom stereocenters. The molecule has 2 aliphatic rings. The molecule has 296 valence electrons. The van der Waals surface area contributed by atoms with E-state index in [1.807, 2.05) is 44.2 Å². The highest BCUT2D eigenvalue weighted by Crippen LogP contribution is 2.52. The number of aliphatic hydroxyl groups is 1. The summed E-state index contributed by atoms with van der Waals surface area (Å²) in [5.74, 6) is -2.54. The number of aliphatic hydroxyl groups excluding tert-OH is 1. The molecule has 0 bridgehead atoms. The zero-order valence-electron chi connectivity index (χ0n) is 31.2. The maximum absolute atomic E-state index is 14.7. The molecule has 4 N–H and O–H groups in total. The average Bonchev–Trinajstić information content (AvgIpc) is 3.76. The monoisotopic (exact) mass is 821 g/mol. The summed E-state index contributed by atoms with van der Waals surface area (Å²) >= 11 is 13.5. The van der Waals surface area contributed by atoms with Crippen molar-refractivity contribution in [2.24, 2.45) is 0 Å². The largest absolute Gasteiger partial charge is 0.445 e. The highest BCUT2D eigenvalue weighted by molar-refractivity contribution is 7.93. The smallest absolute Gasteiger partial charge is 0.407 e. The molecule has 12 nitrogen and oxygen atoms in total. The topological polar surface area (TPSA) is 163 Å². The number of sulfonamides is 1. The van der Waals surface area contributed by atoms with Gasteiger partial charge in [0.1, 0.15) is 6.61 Å². The Balaban J connectivity index is 1.28. The van der Waals surface area contributed by atoms with E-state index in [4.69, 9.17) is 33.7 Å². The van der Waals surface area contributed by atoms with Gasteiger partial charge < -0.3 is 25.8 Å². The molecule has 2 heterocycles. The van der Waals surface area contributed by atoms with Gasteiger partial charge in [0.15, 0.2) is 0 Å². The lowest BCUT2D eigenvalue weighted by atomic mass is 9.87. The third kappa shape index (κ3) is 8.04. The minimum Gasteiger partial charge on any atom is -0.445 e. The van der Waals surface area contributed by atoms with Crippen molar-refractivity contribution in [3.05, 3.63) is 117 Å². The van der Waals surface area contributed by atoms with Crippen molar-refractivity contribution in [2.45, 2.75) is 62.9 Å². The molecule has 56 heavy (non-hydrogen) atoms. The molecule has 4 aromatic carbocycles. The maximum atomic E-state index is 14.7. The first-order chi connectivity index (χ1) is 26.9. The normalized spacial score (nSPS) is 15.4. The zero-order chi connectivity index (χ0) is 40.1. The number of hydrogen-bond acceptors (Lipinski definition) is 8. The first-order valence-corrected chi connectivity index (χ1v) is 20.8. The van der Waals surface area contributed by atoms with Crippen LogP contribution in [0.5, 0.6) is 0 Å². The lowest BCUT2D eigenvalue weighted by molar-refractivity contribution is -0.117. The van der Waals surface area contributed by atoms with Crippen LogP contribution in [0, 0.1) is 0 Å². The van der Waals surface area contributed by atoms with Gasteiger partial charge >= 0.3 is 12.1 Å². The molecule has 4 amide bonds. The molecule has 6 rings (SSSR count). The van der Waals surface area contributed by atoms with Gasteiger partial charge in [-0.2, -0.15) is 0 Å². The van der Waals surface area contributed by atoms with Gasteiger partial charge in [-0.1, -0.05) is 78.2 Å². The lowest BCUT2D eigenvalue weighted by Gasteiger charge is -2.26. The van der Waals surface area contributed by atoms with Gasteiger partial charge in [-0.05, 0) is 85.7 Å². The van der Waals surface area contributed by atoms with E-state index in [1.54, 1.807) is 40.1 Å². The number of urea groups is 1. The second-order valence-electron chi connectivity index (χ2n) is 13.7. The van der Waals surface area contributed by atoms with Crippen molar-refractivity contribution in [3.63, 3.8) is 0 Å². The van der Waals surface area contributed by atoms with Crippen LogP contribution < -0.4 is 20.3 Å². The molecule has 2 aliphatic heterocycles. The number of fused-ring (bicyclic) bond motifs is 2. The summed E-state index contributed by atoms with van der Waals surface area (Å²) in [5.41, 5.74) is 9.85. The Morgan fingerprint density at radius 1 is 1.00 bits per heavy atom. The number of nitrogens with one attached hydrogen (secondary N) is 1. The van der Waals surface area contributed by atoms with Gasteiger partial charge in [-0.3, -0.25) is 9.69 Å². The number of halogens is 2. The average molecular weight is 823 g/mol. The number of unbranched alkanes of at least 4 members (excludes halogenated alkanes) is 1. The Bertz CT molecular complexity index is 2220. The SMILES string of the molecule is CCN(CC)C(=O)N1CCc2cc(S(=O)(=O)N3C(=O)C(c4ccccc4Cl)c4c3cc([C@@H](CO)CCCCNC(=O)OCc3ccccc3)c(Cl)c4N)ccc21. The van der Waals surface area contributed by atoms with Crippen molar-refractivity contribution >= 4 is 68.3 Å². The predicted molar refractivity (Wildman–Crippen MR) is 218 cm³/mol. The van der Waals surface area contributed by atoms with Crippen LogP contribution in [0.15, 0.2) is 83.8 Å². The number of nitrogens with zero attached hydrogens (tertiary/aromatic N) is 3. The number of carbonyl (C=O) groups is 3. The number of hydrogen-bond donors (Lipinski definition) is 3. The highest BCUT2D eigenvalue weighted by Gasteiger charge is 2.48. The van der Waals surface area contributed by atoms with E-state index in [0.29, 0.717) is 74.2 Å². The van der Waals surface area contributed by atoms with Crippen LogP contribution in [0.2, 0.25) is 10.0 Å². The van der Waals surface area contributed by atoms with Crippen LogP contribution in [0.1, 0.15) is 72.8 Å². The molecule has 4 aromatic rings. The van der Waals surface area contributed by atoms with Crippen LogP contribution in [-0.4, -0.2) is 69.2 Å². The minimum absolute atomic E-state index is 0.0101. The summed E-state index contributed by atoms with van der Waals surface area (Å²) in [4.78, 5) is 43.2. The van der Waals surface area contributed by atoms with Gasteiger partial charge in [-0.15, -0.1) is 0 Å². The van der Waals surface area contributed by atoms with Crippen LogP contribution in [0.3, 0.4) is 0 Å². The molecule has 0 radical (unpaired) electrons. The quantitative estimate of drug-likeness (QED) is 0.0874. The van der Waals surface area contributed by atoms with E-state index in [-0.39, 0.29) is 51.1 Å². The zero-order valence-corrected chi connectivity index (χ0v) is 33.5. The number of rotatable bonds is 14. The van der Waals surface area contributed by atoms with Gasteiger partial charge in [0.25, 0.3) is 15.9 Å². The second-order valence-corrected chi connectivity index (χ2v) is 16.3. The molecular weight excluding hydrogens is 777 g/mol. The van der Waals surface area contributed by atoms with Crippen molar-refractivity contribution in [1.82, 2.24) is 10.2 Å². The van der Waals surface area contributed by atoms with E-state index in [2.05, 4.69) is 5.32 Å². The molecule has 15 heteroatoms. The predicted octanol–water partition coefficient (Wildman–Crippen LogP) is 7.44. The van der Waals surface area contributed by atoms with Crippen molar-refractivity contribution in [1.29, 1.82) is 0 Å². The van der Waals surface area contributed by atoms with Crippen LogP contribution in [0.4, 0.5) is 26.7 Å². The summed E-state index contributed by atoms with van der Waals surface area (Å²) in [6.45, 7) is 5.39. The third-order valence-corrected chi connectivity index (χ3v) is 12.9. The van der Waals surface area contributed by atoms with Gasteiger partial charge in [0.2, 0.25) is 0 Å². The minimum atomic E-state index is -4.56. The standard InChI is InChI=1S/C41H45Cl2N5O7S/c1-3-46(4-2)41(52)47-21-19-27-22-29(17-18-33(27)47)56(53,54)48-34-23-31(37(43)38(44)36(34)35(39(48)50)30-15-8-9-16-32(30)42)28(24-49)14-10-11-20-45-40(51)55-25-26-12-6-5-7-13-26/h5-9,12-13,15-18,22-23,28,35,49H,3-4,10-11,14,19-21,24-25,44H2,1-2H3,(H,45,51)/t28-,35?/m1/s1. The van der Waals surface area contributed by atoms with E-state index in [9.17, 15) is 27.9 Å². The van der Waals surface area contributed by atoms with Crippen molar-refractivity contribution < 1.29 is 32.6 Å². The molecular formula is C41H45Cl2N5O7S. The molecule has 0 fully saturated rings. The molecule has 2 atom stereocenters. The van der Waals surface area contributed by atoms with Gasteiger partial charge in [-0.25, -0.2) is 22.3 Å². The van der Waals surface area contributed by atoms with Crippen molar-refractivity contribution in [2.75, 3.05) is 47.7 Å². The second kappa shape index (κ2) is 17.5. The summed E-state index contributed by atoms with van der Waals surface area (Å²) in [7, 11) is -4.56. The van der Waals surface area contributed by atoms with E-state index >= 15 is 0 Å².